The molecule has 1 fully saturated rings. The average Bonchev–Trinajstić information content (AvgIpc) is 2.99. The smallest absolute Gasteiger partial charge is 0.234 e. The van der Waals surface area contributed by atoms with E-state index >= 15 is 0 Å². The van der Waals surface area contributed by atoms with Gasteiger partial charge in [0, 0.05) is 0 Å². The Morgan fingerprint density at radius 3 is 2.88 bits per heavy atom. The van der Waals surface area contributed by atoms with Gasteiger partial charge in [-0.1, -0.05) is 0 Å². The fraction of sp³-hybridized carbons (Fsp3) is 0.615. The Morgan fingerprint density at radius 1 is 1.53 bits per heavy atom. The number of aryl methyl sites for hydroxylation is 1. The first-order valence-electron chi connectivity index (χ1n) is 6.21. The lowest BCUT2D eigenvalue weighted by atomic mass is 10.2. The second-order valence-corrected chi connectivity index (χ2v) is 4.81. The molecule has 2 rings (SSSR count). The predicted octanol–water partition coefficient (Wildman–Crippen LogP) is 1.76. The van der Waals surface area contributed by atoms with E-state index in [-0.39, 0.29) is 11.9 Å². The maximum absolute atomic E-state index is 11.6. The highest BCUT2D eigenvalue weighted by Gasteiger charge is 2.20. The lowest BCUT2D eigenvalue weighted by Gasteiger charge is -2.11. The number of furan rings is 1. The summed E-state index contributed by atoms with van der Waals surface area (Å²) in [5.41, 5.74) is 0. The van der Waals surface area contributed by atoms with Crippen molar-refractivity contribution in [1.82, 2.24) is 10.6 Å². The first-order chi connectivity index (χ1) is 8.15. The van der Waals surface area contributed by atoms with Gasteiger partial charge in [0.2, 0.25) is 5.91 Å². The molecule has 0 aromatic carbocycles. The summed E-state index contributed by atoms with van der Waals surface area (Å²) in [6.45, 7) is 5.18. The van der Waals surface area contributed by atoms with E-state index in [9.17, 15) is 4.79 Å². The number of hydrogen-bond donors (Lipinski definition) is 2. The zero-order valence-electron chi connectivity index (χ0n) is 10.5. The lowest BCUT2D eigenvalue weighted by molar-refractivity contribution is -0.121. The quantitative estimate of drug-likeness (QED) is 0.791. The standard InChI is InChI=1S/C13H20N2O2/c1-9-3-6-12(17-9)10(2)15-13(16)8-14-7-11-4-5-11/h3,6,10-11,14H,4-5,7-8H2,1-2H3,(H,15,16). The highest BCUT2D eigenvalue weighted by Crippen LogP contribution is 2.27. The summed E-state index contributed by atoms with van der Waals surface area (Å²) in [5.74, 6) is 2.49. The Balaban J connectivity index is 1.69. The molecule has 0 saturated heterocycles. The van der Waals surface area contributed by atoms with E-state index in [1.807, 2.05) is 26.0 Å². The molecule has 2 N–H and O–H groups in total. The Morgan fingerprint density at radius 2 is 2.29 bits per heavy atom. The molecular formula is C13H20N2O2. The van der Waals surface area contributed by atoms with Crippen LogP contribution in [0, 0.1) is 12.8 Å². The van der Waals surface area contributed by atoms with Gasteiger partial charge in [-0.25, -0.2) is 0 Å². The van der Waals surface area contributed by atoms with Crippen LogP contribution in [0.4, 0.5) is 0 Å². The Bertz CT molecular complexity index is 383. The Hall–Kier alpha value is -1.29. The second kappa shape index (κ2) is 5.36. The minimum atomic E-state index is -0.0704. The number of carbonyl (C=O) groups is 1. The van der Waals surface area contributed by atoms with Crippen LogP contribution >= 0.6 is 0 Å². The fourth-order valence-corrected chi connectivity index (χ4v) is 1.76. The topological polar surface area (TPSA) is 54.3 Å². The summed E-state index contributed by atoms with van der Waals surface area (Å²) >= 11 is 0. The lowest BCUT2D eigenvalue weighted by Crippen LogP contribution is -2.36. The molecule has 0 radical (unpaired) electrons. The van der Waals surface area contributed by atoms with Crippen molar-refractivity contribution in [1.29, 1.82) is 0 Å². The summed E-state index contributed by atoms with van der Waals surface area (Å²) in [4.78, 5) is 11.6. The average molecular weight is 236 g/mol. The van der Waals surface area contributed by atoms with Crippen molar-refractivity contribution < 1.29 is 9.21 Å². The largest absolute Gasteiger partial charge is 0.464 e. The van der Waals surface area contributed by atoms with Crippen LogP contribution in [0.3, 0.4) is 0 Å². The molecule has 1 heterocycles. The Kier molecular flexibility index (Phi) is 3.84. The first-order valence-corrected chi connectivity index (χ1v) is 6.21. The van der Waals surface area contributed by atoms with Crippen molar-refractivity contribution in [3.63, 3.8) is 0 Å². The van der Waals surface area contributed by atoms with Crippen LogP contribution in [0.2, 0.25) is 0 Å². The van der Waals surface area contributed by atoms with Gasteiger partial charge in [-0.3, -0.25) is 4.79 Å². The maximum Gasteiger partial charge on any atom is 0.234 e. The van der Waals surface area contributed by atoms with Crippen molar-refractivity contribution in [3.8, 4) is 0 Å². The molecule has 17 heavy (non-hydrogen) atoms. The molecule has 0 aliphatic heterocycles. The maximum atomic E-state index is 11.6. The minimum Gasteiger partial charge on any atom is -0.464 e. The van der Waals surface area contributed by atoms with Crippen molar-refractivity contribution >= 4 is 5.91 Å². The number of amides is 1. The third-order valence-corrected chi connectivity index (χ3v) is 2.98. The zero-order valence-corrected chi connectivity index (χ0v) is 10.5. The van der Waals surface area contributed by atoms with Crippen molar-refractivity contribution in [2.45, 2.75) is 32.7 Å². The van der Waals surface area contributed by atoms with Crippen LogP contribution < -0.4 is 10.6 Å². The van der Waals surface area contributed by atoms with Crippen LogP contribution in [0.5, 0.6) is 0 Å². The molecule has 1 atom stereocenters. The number of carbonyl (C=O) groups excluding carboxylic acids is 1. The highest BCUT2D eigenvalue weighted by molar-refractivity contribution is 5.78. The molecule has 1 aromatic heterocycles. The van der Waals surface area contributed by atoms with Crippen molar-refractivity contribution in [2.24, 2.45) is 5.92 Å². The molecule has 1 aromatic rings. The molecule has 0 bridgehead atoms. The summed E-state index contributed by atoms with van der Waals surface area (Å²) in [7, 11) is 0. The normalized spacial score (nSPS) is 16.8. The molecule has 1 aliphatic carbocycles. The Labute approximate surface area is 102 Å². The van der Waals surface area contributed by atoms with E-state index in [4.69, 9.17) is 4.42 Å². The molecule has 0 spiro atoms. The molecule has 4 heteroatoms. The number of hydrogen-bond acceptors (Lipinski definition) is 3. The van der Waals surface area contributed by atoms with E-state index in [1.54, 1.807) is 0 Å². The number of rotatable bonds is 6. The summed E-state index contributed by atoms with van der Waals surface area (Å²) in [6, 6.07) is 3.74. The minimum absolute atomic E-state index is 0.0206. The molecule has 94 valence electrons. The van der Waals surface area contributed by atoms with Crippen LogP contribution in [0.1, 0.15) is 37.3 Å². The van der Waals surface area contributed by atoms with Gasteiger partial charge < -0.3 is 15.1 Å². The van der Waals surface area contributed by atoms with Gasteiger partial charge in [0.15, 0.2) is 0 Å². The van der Waals surface area contributed by atoms with E-state index in [0.717, 1.165) is 24.0 Å². The van der Waals surface area contributed by atoms with Crippen LogP contribution in [0.15, 0.2) is 16.5 Å². The monoisotopic (exact) mass is 236 g/mol. The van der Waals surface area contributed by atoms with Crippen LogP contribution in [-0.2, 0) is 4.79 Å². The van der Waals surface area contributed by atoms with Gasteiger partial charge in [-0.2, -0.15) is 0 Å². The number of nitrogens with one attached hydrogen (secondary N) is 2. The van der Waals surface area contributed by atoms with E-state index in [1.165, 1.54) is 12.8 Å². The first kappa shape index (κ1) is 12.2. The fourth-order valence-electron chi connectivity index (χ4n) is 1.76. The van der Waals surface area contributed by atoms with E-state index in [2.05, 4.69) is 10.6 Å². The third kappa shape index (κ3) is 3.89. The van der Waals surface area contributed by atoms with Gasteiger partial charge in [0.05, 0.1) is 12.6 Å². The van der Waals surface area contributed by atoms with Gasteiger partial charge >= 0.3 is 0 Å². The predicted molar refractivity (Wildman–Crippen MR) is 65.6 cm³/mol. The van der Waals surface area contributed by atoms with E-state index < -0.39 is 0 Å². The van der Waals surface area contributed by atoms with Gasteiger partial charge in [-0.05, 0) is 51.3 Å². The zero-order chi connectivity index (χ0) is 12.3. The molecule has 1 amide bonds. The molecule has 1 saturated carbocycles. The molecular weight excluding hydrogens is 216 g/mol. The summed E-state index contributed by atoms with van der Waals surface area (Å²) in [5, 5.41) is 6.07. The molecule has 1 unspecified atom stereocenters. The van der Waals surface area contributed by atoms with Gasteiger partial charge in [0.25, 0.3) is 0 Å². The van der Waals surface area contributed by atoms with Crippen LogP contribution in [-0.4, -0.2) is 19.0 Å². The van der Waals surface area contributed by atoms with E-state index in [0.29, 0.717) is 6.54 Å². The van der Waals surface area contributed by atoms with Crippen molar-refractivity contribution in [2.75, 3.05) is 13.1 Å². The summed E-state index contributed by atoms with van der Waals surface area (Å²) in [6.07, 6.45) is 2.60. The van der Waals surface area contributed by atoms with Crippen molar-refractivity contribution in [3.05, 3.63) is 23.7 Å². The second-order valence-electron chi connectivity index (χ2n) is 4.81. The molecule has 4 nitrogen and oxygen atoms in total. The summed E-state index contributed by atoms with van der Waals surface area (Å²) < 4.78 is 5.46. The van der Waals surface area contributed by atoms with Gasteiger partial charge in [0.1, 0.15) is 11.5 Å². The molecule has 1 aliphatic rings. The van der Waals surface area contributed by atoms with Gasteiger partial charge in [-0.15, -0.1) is 0 Å². The SMILES string of the molecule is Cc1ccc(C(C)NC(=O)CNCC2CC2)o1. The highest BCUT2D eigenvalue weighted by atomic mass is 16.3. The van der Waals surface area contributed by atoms with Crippen LogP contribution in [0.25, 0.3) is 0 Å². The third-order valence-electron chi connectivity index (χ3n) is 2.98.